The normalized spacial score (nSPS) is 25.2. The molecular weight excluding hydrogens is 290 g/mol. The number of aromatic nitrogens is 3. The number of aryl methyl sites for hydroxylation is 1. The molecule has 1 saturated heterocycles. The summed E-state index contributed by atoms with van der Waals surface area (Å²) in [6, 6.07) is 0.359. The number of nitrogens with zero attached hydrogens (tertiary/aromatic N) is 5. The third-order valence-corrected chi connectivity index (χ3v) is 5.88. The lowest BCUT2D eigenvalue weighted by Crippen LogP contribution is -2.50. The Morgan fingerprint density at radius 1 is 1.17 bits per heavy atom. The third kappa shape index (κ3) is 2.89. The summed E-state index contributed by atoms with van der Waals surface area (Å²) in [7, 11) is 2.00. The van der Waals surface area contributed by atoms with E-state index in [9.17, 15) is 4.79 Å². The molecular formula is C17H27N5O. The van der Waals surface area contributed by atoms with Crippen LogP contribution in [0, 0.1) is 5.92 Å². The SMILES string of the molecule is CN(C(=O)C1CCC1)C1CCCN(Cc2nnc3n2CCC3)C1. The van der Waals surface area contributed by atoms with Crippen molar-refractivity contribution in [1.29, 1.82) is 0 Å². The van der Waals surface area contributed by atoms with E-state index in [-0.39, 0.29) is 0 Å². The summed E-state index contributed by atoms with van der Waals surface area (Å²) >= 11 is 0. The van der Waals surface area contributed by atoms with Crippen molar-refractivity contribution in [3.8, 4) is 0 Å². The number of carbonyl (C=O) groups excluding carboxylic acids is 1. The Bertz CT molecular complexity index is 580. The van der Waals surface area contributed by atoms with Crippen molar-refractivity contribution in [1.82, 2.24) is 24.6 Å². The minimum Gasteiger partial charge on any atom is -0.341 e. The van der Waals surface area contributed by atoms with Gasteiger partial charge in [0.05, 0.1) is 6.54 Å². The predicted molar refractivity (Wildman–Crippen MR) is 86.8 cm³/mol. The van der Waals surface area contributed by atoms with E-state index < -0.39 is 0 Å². The van der Waals surface area contributed by atoms with Gasteiger partial charge in [-0.1, -0.05) is 6.42 Å². The van der Waals surface area contributed by atoms with Crippen LogP contribution in [0.5, 0.6) is 0 Å². The Labute approximate surface area is 137 Å². The van der Waals surface area contributed by atoms with E-state index in [0.29, 0.717) is 17.9 Å². The summed E-state index contributed by atoms with van der Waals surface area (Å²) in [5.74, 6) is 2.92. The van der Waals surface area contributed by atoms with Gasteiger partial charge in [0.25, 0.3) is 0 Å². The fraction of sp³-hybridized carbons (Fsp3) is 0.824. The van der Waals surface area contributed by atoms with Crippen LogP contribution in [-0.2, 0) is 24.3 Å². The zero-order chi connectivity index (χ0) is 15.8. The Kier molecular flexibility index (Phi) is 4.09. The molecule has 1 unspecified atom stereocenters. The average molecular weight is 317 g/mol. The van der Waals surface area contributed by atoms with Crippen LogP contribution in [0.1, 0.15) is 50.2 Å². The topological polar surface area (TPSA) is 54.3 Å². The molecule has 0 radical (unpaired) electrons. The van der Waals surface area contributed by atoms with Gasteiger partial charge in [-0.3, -0.25) is 9.69 Å². The van der Waals surface area contributed by atoms with Crippen LogP contribution in [0.3, 0.4) is 0 Å². The van der Waals surface area contributed by atoms with Crippen molar-refractivity contribution < 1.29 is 4.79 Å². The molecule has 1 aromatic rings. The first kappa shape index (κ1) is 15.1. The van der Waals surface area contributed by atoms with Crippen molar-refractivity contribution in [2.45, 2.75) is 64.1 Å². The van der Waals surface area contributed by atoms with Crippen LogP contribution < -0.4 is 0 Å². The van der Waals surface area contributed by atoms with Gasteiger partial charge in [0.2, 0.25) is 5.91 Å². The zero-order valence-electron chi connectivity index (χ0n) is 14.1. The van der Waals surface area contributed by atoms with E-state index in [0.717, 1.165) is 69.9 Å². The number of amides is 1. The monoisotopic (exact) mass is 317 g/mol. The lowest BCUT2D eigenvalue weighted by atomic mass is 9.84. The first-order chi connectivity index (χ1) is 11.2. The molecule has 3 aliphatic rings. The van der Waals surface area contributed by atoms with Gasteiger partial charge < -0.3 is 9.47 Å². The van der Waals surface area contributed by atoms with Crippen molar-refractivity contribution >= 4 is 5.91 Å². The number of likely N-dealkylation sites (N-methyl/N-ethyl adjacent to an activating group) is 1. The summed E-state index contributed by atoms with van der Waals surface area (Å²) in [4.78, 5) is 17.0. The van der Waals surface area contributed by atoms with Crippen molar-refractivity contribution in [2.24, 2.45) is 5.92 Å². The molecule has 2 aliphatic heterocycles. The smallest absolute Gasteiger partial charge is 0.225 e. The summed E-state index contributed by atoms with van der Waals surface area (Å²) < 4.78 is 2.28. The maximum atomic E-state index is 12.5. The van der Waals surface area contributed by atoms with Crippen LogP contribution in [0.25, 0.3) is 0 Å². The highest BCUT2D eigenvalue weighted by atomic mass is 16.2. The summed E-state index contributed by atoms with van der Waals surface area (Å²) in [5.41, 5.74) is 0. The third-order valence-electron chi connectivity index (χ3n) is 5.88. The Morgan fingerprint density at radius 2 is 2.04 bits per heavy atom. The Hall–Kier alpha value is -1.43. The molecule has 126 valence electrons. The molecule has 0 spiro atoms. The first-order valence-corrected chi connectivity index (χ1v) is 9.12. The minimum absolute atomic E-state index is 0.301. The summed E-state index contributed by atoms with van der Waals surface area (Å²) in [6.45, 7) is 4.01. The predicted octanol–water partition coefficient (Wildman–Crippen LogP) is 1.45. The van der Waals surface area contributed by atoms with E-state index in [2.05, 4.69) is 19.7 Å². The summed E-state index contributed by atoms with van der Waals surface area (Å²) in [5, 5.41) is 8.69. The fourth-order valence-electron chi connectivity index (χ4n) is 4.14. The molecule has 6 nitrogen and oxygen atoms in total. The highest BCUT2D eigenvalue weighted by Crippen LogP contribution is 2.29. The van der Waals surface area contributed by atoms with Gasteiger partial charge in [-0.05, 0) is 38.6 Å². The second kappa shape index (κ2) is 6.23. The second-order valence-corrected chi connectivity index (χ2v) is 7.40. The molecule has 3 heterocycles. The largest absolute Gasteiger partial charge is 0.341 e. The van der Waals surface area contributed by atoms with Gasteiger partial charge in [-0.25, -0.2) is 0 Å². The van der Waals surface area contributed by atoms with Crippen molar-refractivity contribution in [3.63, 3.8) is 0 Å². The molecule has 1 saturated carbocycles. The number of hydrogen-bond donors (Lipinski definition) is 0. The highest BCUT2D eigenvalue weighted by Gasteiger charge is 2.33. The van der Waals surface area contributed by atoms with Crippen LogP contribution in [0.15, 0.2) is 0 Å². The number of hydrogen-bond acceptors (Lipinski definition) is 4. The van der Waals surface area contributed by atoms with Crippen LogP contribution >= 0.6 is 0 Å². The molecule has 23 heavy (non-hydrogen) atoms. The Morgan fingerprint density at radius 3 is 2.83 bits per heavy atom. The summed E-state index contributed by atoms with van der Waals surface area (Å²) in [6.07, 6.45) is 7.95. The Balaban J connectivity index is 1.37. The molecule has 1 amide bonds. The van der Waals surface area contributed by atoms with Gasteiger partial charge in [-0.2, -0.15) is 0 Å². The molecule has 2 fully saturated rings. The van der Waals surface area contributed by atoms with E-state index in [1.165, 1.54) is 12.8 Å². The number of fused-ring (bicyclic) bond motifs is 1. The van der Waals surface area contributed by atoms with Gasteiger partial charge in [0.1, 0.15) is 11.6 Å². The van der Waals surface area contributed by atoms with Crippen molar-refractivity contribution in [2.75, 3.05) is 20.1 Å². The van der Waals surface area contributed by atoms with E-state index >= 15 is 0 Å². The molecule has 0 aromatic carbocycles. The van der Waals surface area contributed by atoms with Crippen LogP contribution in [-0.4, -0.2) is 56.7 Å². The quantitative estimate of drug-likeness (QED) is 0.843. The number of rotatable bonds is 4. The number of carbonyl (C=O) groups is 1. The van der Waals surface area contributed by atoms with E-state index in [4.69, 9.17) is 0 Å². The molecule has 0 bridgehead atoms. The lowest BCUT2D eigenvalue weighted by molar-refractivity contribution is -0.140. The standard InChI is InChI=1S/C17H27N5O/c1-20(17(23)13-5-2-6-13)14-7-3-9-21(11-14)12-16-19-18-15-8-4-10-22(15)16/h13-14H,2-12H2,1H3. The number of likely N-dealkylation sites (tertiary alicyclic amines) is 1. The van der Waals surface area contributed by atoms with Gasteiger partial charge >= 0.3 is 0 Å². The van der Waals surface area contributed by atoms with Crippen molar-refractivity contribution in [3.05, 3.63) is 11.6 Å². The van der Waals surface area contributed by atoms with Gasteiger partial charge in [0, 0.05) is 38.5 Å². The number of piperidine rings is 1. The molecule has 1 atom stereocenters. The molecule has 0 N–H and O–H groups in total. The minimum atomic E-state index is 0.301. The van der Waals surface area contributed by atoms with Crippen LogP contribution in [0.4, 0.5) is 0 Å². The second-order valence-electron chi connectivity index (χ2n) is 7.40. The van der Waals surface area contributed by atoms with E-state index in [1.807, 2.05) is 11.9 Å². The van der Waals surface area contributed by atoms with Crippen LogP contribution in [0.2, 0.25) is 0 Å². The van der Waals surface area contributed by atoms with Gasteiger partial charge in [-0.15, -0.1) is 10.2 Å². The van der Waals surface area contributed by atoms with E-state index in [1.54, 1.807) is 0 Å². The van der Waals surface area contributed by atoms with Gasteiger partial charge in [0.15, 0.2) is 0 Å². The maximum Gasteiger partial charge on any atom is 0.225 e. The molecule has 1 aliphatic carbocycles. The molecule has 1 aromatic heterocycles. The average Bonchev–Trinajstić information content (AvgIpc) is 3.10. The first-order valence-electron chi connectivity index (χ1n) is 9.12. The molecule has 6 heteroatoms. The fourth-order valence-corrected chi connectivity index (χ4v) is 4.14. The zero-order valence-corrected chi connectivity index (χ0v) is 14.1. The maximum absolute atomic E-state index is 12.5. The molecule has 4 rings (SSSR count). The lowest BCUT2D eigenvalue weighted by Gasteiger charge is -2.40. The highest BCUT2D eigenvalue weighted by molar-refractivity contribution is 5.79.